The lowest BCUT2D eigenvalue weighted by molar-refractivity contribution is 0.258. The average Bonchev–Trinajstić information content (AvgIpc) is 3.20. The Bertz CT molecular complexity index is 405. The Morgan fingerprint density at radius 2 is 1.90 bits per heavy atom. The molecule has 2 rings (SSSR count). The summed E-state index contributed by atoms with van der Waals surface area (Å²) in [6, 6.07) is 10.7. The van der Waals surface area contributed by atoms with Crippen molar-refractivity contribution >= 4 is 13.3 Å². The molecule has 3 atom stereocenters. The monoisotopic (exact) mass is 292 g/mol. The minimum absolute atomic E-state index is 0.253. The highest BCUT2D eigenvalue weighted by Crippen LogP contribution is 2.41. The van der Waals surface area contributed by atoms with E-state index in [1.807, 2.05) is 0 Å². The third-order valence-electron chi connectivity index (χ3n) is 4.75. The first-order valence-corrected chi connectivity index (χ1v) is 11.0. The van der Waals surface area contributed by atoms with Crippen molar-refractivity contribution in [2.75, 3.05) is 6.61 Å². The van der Waals surface area contributed by atoms with Crippen LogP contribution in [0.4, 0.5) is 0 Å². The molecule has 1 heterocycles. The molecule has 0 unspecified atom stereocenters. The molecule has 1 aromatic carbocycles. The molecular weight excluding hydrogens is 264 g/mol. The first-order valence-electron chi connectivity index (χ1n) is 7.93. The molecule has 1 saturated heterocycles. The number of unbranched alkanes of at least 4 members (excludes halogenated alkanes) is 2. The van der Waals surface area contributed by atoms with E-state index in [0.29, 0.717) is 17.7 Å². The molecule has 0 aromatic heterocycles. The van der Waals surface area contributed by atoms with Crippen molar-refractivity contribution in [3.63, 3.8) is 0 Å². The van der Waals surface area contributed by atoms with Crippen LogP contribution in [0.5, 0.6) is 0 Å². The number of epoxide rings is 1. The molecule has 1 aliphatic rings. The lowest BCUT2D eigenvalue weighted by Gasteiger charge is -2.31. The van der Waals surface area contributed by atoms with Gasteiger partial charge in [-0.2, -0.15) is 0 Å². The second-order valence-corrected chi connectivity index (χ2v) is 11.3. The fourth-order valence-corrected chi connectivity index (χ4v) is 6.21. The summed E-state index contributed by atoms with van der Waals surface area (Å²) < 4.78 is 5.90. The van der Waals surface area contributed by atoms with E-state index in [4.69, 9.17) is 4.74 Å². The first-order chi connectivity index (χ1) is 9.61. The van der Waals surface area contributed by atoms with Gasteiger partial charge in [-0.05, 0) is 6.42 Å². The quantitative estimate of drug-likeness (QED) is 0.453. The van der Waals surface area contributed by atoms with Gasteiger partial charge in [0.15, 0.2) is 0 Å². The van der Waals surface area contributed by atoms with E-state index in [9.17, 15) is 5.11 Å². The molecular formula is C17H28O2Si. The highest BCUT2D eigenvalue weighted by molar-refractivity contribution is 6.91. The fraction of sp³-hybridized carbons (Fsp3) is 0.647. The van der Waals surface area contributed by atoms with Crippen molar-refractivity contribution in [2.24, 2.45) is 0 Å². The van der Waals surface area contributed by atoms with Crippen LogP contribution in [0.25, 0.3) is 0 Å². The Morgan fingerprint density at radius 1 is 1.20 bits per heavy atom. The van der Waals surface area contributed by atoms with Gasteiger partial charge in [0.25, 0.3) is 0 Å². The third-order valence-corrected chi connectivity index (χ3v) is 8.94. The number of rotatable bonds is 8. The molecule has 0 aliphatic carbocycles. The molecule has 1 aromatic rings. The van der Waals surface area contributed by atoms with Crippen molar-refractivity contribution in [2.45, 2.75) is 63.5 Å². The minimum Gasteiger partial charge on any atom is -0.396 e. The topological polar surface area (TPSA) is 32.8 Å². The van der Waals surface area contributed by atoms with Crippen molar-refractivity contribution in [3.05, 3.63) is 30.3 Å². The van der Waals surface area contributed by atoms with E-state index in [1.165, 1.54) is 24.4 Å². The standard InChI is InChI=1S/C17H28O2Si/c1-4-5-7-12-15-17(19-15)16(13-18)20(2,3)14-10-8-6-9-11-14/h6,8-11,15-18H,4-5,7,12-13H2,1-3H3/t15-,16-,17-/m0/s1. The van der Waals surface area contributed by atoms with Crippen LogP contribution in [0.1, 0.15) is 32.6 Å². The number of hydrogen-bond donors (Lipinski definition) is 1. The van der Waals surface area contributed by atoms with Gasteiger partial charge in [-0.25, -0.2) is 0 Å². The van der Waals surface area contributed by atoms with E-state index >= 15 is 0 Å². The van der Waals surface area contributed by atoms with Crippen molar-refractivity contribution < 1.29 is 9.84 Å². The van der Waals surface area contributed by atoms with Gasteiger partial charge in [0.2, 0.25) is 0 Å². The molecule has 1 aliphatic heterocycles. The molecule has 3 heteroatoms. The number of benzene rings is 1. The second-order valence-electron chi connectivity index (χ2n) is 6.51. The smallest absolute Gasteiger partial charge is 0.0890 e. The van der Waals surface area contributed by atoms with Gasteiger partial charge in [0.05, 0.1) is 20.3 Å². The zero-order chi connectivity index (χ0) is 14.6. The maximum atomic E-state index is 9.88. The zero-order valence-electron chi connectivity index (χ0n) is 13.0. The molecule has 112 valence electrons. The zero-order valence-corrected chi connectivity index (χ0v) is 14.0. The average molecular weight is 292 g/mol. The summed E-state index contributed by atoms with van der Waals surface area (Å²) in [7, 11) is -1.67. The molecule has 2 nitrogen and oxygen atoms in total. The van der Waals surface area contributed by atoms with Gasteiger partial charge in [-0.3, -0.25) is 0 Å². The number of aliphatic hydroxyl groups excluding tert-OH is 1. The van der Waals surface area contributed by atoms with Crippen molar-refractivity contribution in [3.8, 4) is 0 Å². The maximum Gasteiger partial charge on any atom is 0.0890 e. The summed E-state index contributed by atoms with van der Waals surface area (Å²) in [5, 5.41) is 11.3. The van der Waals surface area contributed by atoms with E-state index in [0.717, 1.165) is 6.42 Å². The lowest BCUT2D eigenvalue weighted by atomic mass is 10.1. The summed E-state index contributed by atoms with van der Waals surface area (Å²) in [6.07, 6.45) is 5.64. The van der Waals surface area contributed by atoms with Crippen LogP contribution in [-0.2, 0) is 4.74 Å². The van der Waals surface area contributed by atoms with Gasteiger partial charge in [-0.15, -0.1) is 0 Å². The predicted molar refractivity (Wildman–Crippen MR) is 87.2 cm³/mol. The Hall–Kier alpha value is -0.643. The van der Waals surface area contributed by atoms with E-state index in [2.05, 4.69) is 50.3 Å². The SMILES string of the molecule is CCCCC[C@@H]1O[C@@H]1[C@H](CO)[Si](C)(C)c1ccccc1. The van der Waals surface area contributed by atoms with Gasteiger partial charge in [0, 0.05) is 12.1 Å². The highest BCUT2D eigenvalue weighted by Gasteiger charge is 2.50. The van der Waals surface area contributed by atoms with Crippen LogP contribution in [-0.4, -0.2) is 32.0 Å². The fourth-order valence-electron chi connectivity index (χ4n) is 3.16. The third kappa shape index (κ3) is 3.51. The largest absolute Gasteiger partial charge is 0.396 e. The molecule has 20 heavy (non-hydrogen) atoms. The molecule has 0 saturated carbocycles. The predicted octanol–water partition coefficient (Wildman–Crippen LogP) is 3.31. The summed E-state index contributed by atoms with van der Waals surface area (Å²) in [5.41, 5.74) is 0.316. The summed E-state index contributed by atoms with van der Waals surface area (Å²) in [5.74, 6) is 0. The van der Waals surface area contributed by atoms with E-state index in [1.54, 1.807) is 0 Å². The summed E-state index contributed by atoms with van der Waals surface area (Å²) in [4.78, 5) is 0. The van der Waals surface area contributed by atoms with Gasteiger partial charge >= 0.3 is 0 Å². The molecule has 0 spiro atoms. The summed E-state index contributed by atoms with van der Waals surface area (Å²) in [6.45, 7) is 7.19. The van der Waals surface area contributed by atoms with E-state index < -0.39 is 8.07 Å². The normalized spacial score (nSPS) is 23.6. The second kappa shape index (κ2) is 6.88. The first kappa shape index (κ1) is 15.7. The molecule has 0 bridgehead atoms. The lowest BCUT2D eigenvalue weighted by Crippen LogP contribution is -2.49. The molecule has 0 amide bonds. The van der Waals surface area contributed by atoms with E-state index in [-0.39, 0.29) is 6.61 Å². The van der Waals surface area contributed by atoms with Gasteiger partial charge in [0.1, 0.15) is 0 Å². The minimum atomic E-state index is -1.67. The van der Waals surface area contributed by atoms with Crippen LogP contribution < -0.4 is 5.19 Å². The van der Waals surface area contributed by atoms with Crippen molar-refractivity contribution in [1.29, 1.82) is 0 Å². The maximum absolute atomic E-state index is 9.88. The molecule has 0 radical (unpaired) electrons. The van der Waals surface area contributed by atoms with Crippen molar-refractivity contribution in [1.82, 2.24) is 0 Å². The Morgan fingerprint density at radius 3 is 2.50 bits per heavy atom. The molecule has 1 fully saturated rings. The van der Waals surface area contributed by atoms with Crippen LogP contribution >= 0.6 is 0 Å². The molecule has 1 N–H and O–H groups in total. The Balaban J connectivity index is 1.99. The van der Waals surface area contributed by atoms with Gasteiger partial charge < -0.3 is 9.84 Å². The van der Waals surface area contributed by atoms with Gasteiger partial charge in [-0.1, -0.05) is 74.8 Å². The summed E-state index contributed by atoms with van der Waals surface area (Å²) >= 11 is 0. The van der Waals surface area contributed by atoms with Crippen LogP contribution in [0.15, 0.2) is 30.3 Å². The Labute approximate surface area is 124 Å². The number of ether oxygens (including phenoxy) is 1. The van der Waals surface area contributed by atoms with Crippen LogP contribution in [0.2, 0.25) is 18.6 Å². The highest BCUT2D eigenvalue weighted by atomic mass is 28.3. The van der Waals surface area contributed by atoms with Crippen LogP contribution in [0.3, 0.4) is 0 Å². The van der Waals surface area contributed by atoms with Crippen LogP contribution in [0, 0.1) is 0 Å². The number of aliphatic hydroxyl groups is 1. The number of hydrogen-bond acceptors (Lipinski definition) is 2. The Kier molecular flexibility index (Phi) is 5.41.